The molecule has 1 unspecified atom stereocenters. The Morgan fingerprint density at radius 3 is 2.51 bits per heavy atom. The molecule has 0 radical (unpaired) electrons. The van der Waals surface area contributed by atoms with Gasteiger partial charge in [0.25, 0.3) is 11.7 Å². The second kappa shape index (κ2) is 9.46. The first-order chi connectivity index (χ1) is 17.7. The van der Waals surface area contributed by atoms with Crippen LogP contribution in [0, 0.1) is 0 Å². The van der Waals surface area contributed by atoms with Gasteiger partial charge in [-0.2, -0.15) is 0 Å². The number of carbonyl (C=O) groups is 3. The van der Waals surface area contributed by atoms with Crippen molar-refractivity contribution in [1.29, 1.82) is 0 Å². The lowest BCUT2D eigenvalue weighted by Crippen LogP contribution is -2.29. The molecule has 0 spiro atoms. The zero-order chi connectivity index (χ0) is 26.3. The van der Waals surface area contributed by atoms with Gasteiger partial charge in [0.15, 0.2) is 0 Å². The molecule has 0 aliphatic carbocycles. The van der Waals surface area contributed by atoms with Crippen LogP contribution in [0.3, 0.4) is 0 Å². The lowest BCUT2D eigenvalue weighted by atomic mass is 9.94. The van der Waals surface area contributed by atoms with Gasteiger partial charge in [-0.3, -0.25) is 19.3 Å². The SMILES string of the molecule is CC(=O)Nc1cccc(N2C(=O)C(=O)/C(=C(\O)c3ccc4c(c3)CCO4)C2c2ccc(N(C)C)cc2)c1. The number of ketones is 1. The standard InChI is InChI=1S/C29H27N3O5/c1-17(33)30-21-5-4-6-23(16-21)32-26(18-7-10-22(11-8-18)31(2)3)25(28(35)29(32)36)27(34)20-9-12-24-19(15-20)13-14-37-24/h4-12,15-16,26,34H,13-14H2,1-3H3,(H,30,33)/b27-25-. The van der Waals surface area contributed by atoms with Gasteiger partial charge in [-0.05, 0) is 59.7 Å². The first kappa shape index (κ1) is 24.1. The number of ether oxygens (including phenoxy) is 1. The molecule has 2 aliphatic rings. The van der Waals surface area contributed by atoms with Crippen molar-refractivity contribution in [2.24, 2.45) is 0 Å². The summed E-state index contributed by atoms with van der Waals surface area (Å²) in [7, 11) is 3.85. The number of aliphatic hydroxyl groups excluding tert-OH is 1. The van der Waals surface area contributed by atoms with Crippen LogP contribution in [0.25, 0.3) is 5.76 Å². The number of Topliss-reactive ketones (excluding diaryl/α,β-unsaturated/α-hetero) is 1. The second-order valence-electron chi connectivity index (χ2n) is 9.31. The van der Waals surface area contributed by atoms with Crippen molar-refractivity contribution in [2.75, 3.05) is 35.8 Å². The summed E-state index contributed by atoms with van der Waals surface area (Å²) in [5, 5.41) is 14.1. The summed E-state index contributed by atoms with van der Waals surface area (Å²) in [6, 6.07) is 18.6. The molecular formula is C29H27N3O5. The Morgan fingerprint density at radius 2 is 1.81 bits per heavy atom. The third-order valence-corrected chi connectivity index (χ3v) is 6.58. The van der Waals surface area contributed by atoms with Crippen molar-refractivity contribution in [3.05, 3.63) is 89.0 Å². The largest absolute Gasteiger partial charge is 0.507 e. The highest BCUT2D eigenvalue weighted by molar-refractivity contribution is 6.51. The molecule has 1 atom stereocenters. The van der Waals surface area contributed by atoms with E-state index in [0.29, 0.717) is 35.5 Å². The summed E-state index contributed by atoms with van der Waals surface area (Å²) < 4.78 is 5.57. The Balaban J connectivity index is 1.67. The number of nitrogens with zero attached hydrogens (tertiary/aromatic N) is 2. The summed E-state index contributed by atoms with van der Waals surface area (Å²) in [4.78, 5) is 41.8. The van der Waals surface area contributed by atoms with Gasteiger partial charge in [-0.15, -0.1) is 0 Å². The molecule has 8 nitrogen and oxygen atoms in total. The molecule has 37 heavy (non-hydrogen) atoms. The molecule has 2 aliphatic heterocycles. The Hall–Kier alpha value is -4.59. The molecular weight excluding hydrogens is 470 g/mol. The van der Waals surface area contributed by atoms with Crippen LogP contribution in [0.5, 0.6) is 5.75 Å². The summed E-state index contributed by atoms with van der Waals surface area (Å²) in [5.74, 6) is -1.28. The van der Waals surface area contributed by atoms with E-state index in [1.807, 2.05) is 43.3 Å². The van der Waals surface area contributed by atoms with Crippen LogP contribution in [-0.2, 0) is 20.8 Å². The maximum absolute atomic E-state index is 13.4. The van der Waals surface area contributed by atoms with Gasteiger partial charge in [0, 0.05) is 50.1 Å². The van der Waals surface area contributed by atoms with E-state index in [-0.39, 0.29) is 17.2 Å². The number of carbonyl (C=O) groups excluding carboxylic acids is 3. The van der Waals surface area contributed by atoms with Crippen molar-refractivity contribution in [3.63, 3.8) is 0 Å². The highest BCUT2D eigenvalue weighted by Crippen LogP contribution is 2.43. The van der Waals surface area contributed by atoms with Gasteiger partial charge in [0.1, 0.15) is 11.5 Å². The minimum absolute atomic E-state index is 0.00592. The predicted molar refractivity (Wildman–Crippen MR) is 142 cm³/mol. The van der Waals surface area contributed by atoms with Gasteiger partial charge in [0.2, 0.25) is 5.91 Å². The molecule has 188 valence electrons. The summed E-state index contributed by atoms with van der Waals surface area (Å²) in [6.07, 6.45) is 0.705. The van der Waals surface area contributed by atoms with Crippen molar-refractivity contribution in [3.8, 4) is 5.75 Å². The molecule has 3 aromatic carbocycles. The Morgan fingerprint density at radius 1 is 1.05 bits per heavy atom. The van der Waals surface area contributed by atoms with Gasteiger partial charge in [0.05, 0.1) is 18.2 Å². The number of amides is 2. The topological polar surface area (TPSA) is 99.2 Å². The molecule has 3 aromatic rings. The smallest absolute Gasteiger partial charge is 0.300 e. The Kier molecular flexibility index (Phi) is 6.17. The summed E-state index contributed by atoms with van der Waals surface area (Å²) in [5.41, 5.74) is 3.93. The van der Waals surface area contributed by atoms with Crippen molar-refractivity contribution in [1.82, 2.24) is 0 Å². The molecule has 0 saturated carbocycles. The molecule has 1 fully saturated rings. The number of hydrogen-bond acceptors (Lipinski definition) is 6. The fourth-order valence-corrected chi connectivity index (χ4v) is 4.80. The highest BCUT2D eigenvalue weighted by atomic mass is 16.5. The predicted octanol–water partition coefficient (Wildman–Crippen LogP) is 4.27. The van der Waals surface area contributed by atoms with E-state index < -0.39 is 17.7 Å². The van der Waals surface area contributed by atoms with E-state index in [4.69, 9.17) is 4.74 Å². The van der Waals surface area contributed by atoms with Crippen LogP contribution < -0.4 is 19.9 Å². The monoisotopic (exact) mass is 497 g/mol. The van der Waals surface area contributed by atoms with Gasteiger partial charge in [-0.25, -0.2) is 0 Å². The van der Waals surface area contributed by atoms with Crippen LogP contribution in [0.2, 0.25) is 0 Å². The molecule has 0 bridgehead atoms. The van der Waals surface area contributed by atoms with Crippen LogP contribution in [0.15, 0.2) is 72.3 Å². The first-order valence-electron chi connectivity index (χ1n) is 12.0. The number of fused-ring (bicyclic) bond motifs is 1. The van der Waals surface area contributed by atoms with Crippen molar-refractivity contribution < 1.29 is 24.2 Å². The Labute approximate surface area is 214 Å². The summed E-state index contributed by atoms with van der Waals surface area (Å²) in [6.45, 7) is 1.96. The average Bonchev–Trinajstić information content (AvgIpc) is 3.45. The van der Waals surface area contributed by atoms with Crippen molar-refractivity contribution >= 4 is 40.4 Å². The van der Waals surface area contributed by atoms with Crippen LogP contribution >= 0.6 is 0 Å². The van der Waals surface area contributed by atoms with Crippen LogP contribution in [-0.4, -0.2) is 43.4 Å². The number of aliphatic hydroxyl groups is 1. The second-order valence-corrected chi connectivity index (χ2v) is 9.31. The summed E-state index contributed by atoms with van der Waals surface area (Å²) >= 11 is 0. The fraction of sp³-hybridized carbons (Fsp3) is 0.207. The molecule has 5 rings (SSSR count). The number of benzene rings is 3. The van der Waals surface area contributed by atoms with E-state index in [1.165, 1.54) is 11.8 Å². The maximum Gasteiger partial charge on any atom is 0.300 e. The number of anilines is 3. The third kappa shape index (κ3) is 4.42. The van der Waals surface area contributed by atoms with Crippen molar-refractivity contribution in [2.45, 2.75) is 19.4 Å². The molecule has 2 heterocycles. The van der Waals surface area contributed by atoms with E-state index in [0.717, 1.165) is 17.0 Å². The maximum atomic E-state index is 13.4. The minimum atomic E-state index is -0.867. The number of nitrogens with one attached hydrogen (secondary N) is 1. The zero-order valence-corrected chi connectivity index (χ0v) is 20.8. The van der Waals surface area contributed by atoms with Crippen LogP contribution in [0.4, 0.5) is 17.1 Å². The van der Waals surface area contributed by atoms with Gasteiger partial charge in [-0.1, -0.05) is 18.2 Å². The van der Waals surface area contributed by atoms with Crippen LogP contribution in [0.1, 0.15) is 29.7 Å². The van der Waals surface area contributed by atoms with E-state index >= 15 is 0 Å². The molecule has 2 amide bonds. The fourth-order valence-electron chi connectivity index (χ4n) is 4.80. The normalized spacial score (nSPS) is 17.9. The highest BCUT2D eigenvalue weighted by Gasteiger charge is 2.47. The molecule has 0 aromatic heterocycles. The molecule has 1 saturated heterocycles. The minimum Gasteiger partial charge on any atom is -0.507 e. The lowest BCUT2D eigenvalue weighted by molar-refractivity contribution is -0.132. The third-order valence-electron chi connectivity index (χ3n) is 6.58. The van der Waals surface area contributed by atoms with E-state index in [9.17, 15) is 19.5 Å². The zero-order valence-electron chi connectivity index (χ0n) is 20.8. The van der Waals surface area contributed by atoms with E-state index in [2.05, 4.69) is 5.32 Å². The molecule has 8 heteroatoms. The van der Waals surface area contributed by atoms with Gasteiger partial charge < -0.3 is 20.1 Å². The lowest BCUT2D eigenvalue weighted by Gasteiger charge is -2.26. The number of hydrogen-bond donors (Lipinski definition) is 2. The first-order valence-corrected chi connectivity index (χ1v) is 12.0. The molecule has 2 N–H and O–H groups in total. The Bertz CT molecular complexity index is 1440. The number of rotatable bonds is 5. The van der Waals surface area contributed by atoms with Gasteiger partial charge >= 0.3 is 0 Å². The average molecular weight is 498 g/mol. The quantitative estimate of drug-likeness (QED) is 0.310. The van der Waals surface area contributed by atoms with E-state index in [1.54, 1.807) is 42.5 Å².